The number of hydrogen-bond donors (Lipinski definition) is 1. The summed E-state index contributed by atoms with van der Waals surface area (Å²) in [7, 11) is 0. The standard InChI is InChI=1S/C13H20O3/c1-2-3-4-5-6-11-10(9-13(15)16)7-8-12(11)14/h4-5,10-11H,2-3,6-9H2,1H3,(H,15,16). The molecule has 1 rings (SSSR count). The molecule has 2 unspecified atom stereocenters. The summed E-state index contributed by atoms with van der Waals surface area (Å²) < 4.78 is 0. The monoisotopic (exact) mass is 224 g/mol. The summed E-state index contributed by atoms with van der Waals surface area (Å²) in [4.78, 5) is 22.3. The van der Waals surface area contributed by atoms with Gasteiger partial charge in [-0.2, -0.15) is 0 Å². The molecule has 3 heteroatoms. The fourth-order valence-corrected chi connectivity index (χ4v) is 2.30. The van der Waals surface area contributed by atoms with E-state index >= 15 is 0 Å². The summed E-state index contributed by atoms with van der Waals surface area (Å²) in [6.07, 6.45) is 8.42. The van der Waals surface area contributed by atoms with Gasteiger partial charge in [0.2, 0.25) is 0 Å². The van der Waals surface area contributed by atoms with Gasteiger partial charge in [0.1, 0.15) is 5.78 Å². The molecule has 0 bridgehead atoms. The summed E-state index contributed by atoms with van der Waals surface area (Å²) in [5.74, 6) is -0.546. The lowest BCUT2D eigenvalue weighted by Gasteiger charge is -2.14. The largest absolute Gasteiger partial charge is 0.481 e. The highest BCUT2D eigenvalue weighted by molar-refractivity contribution is 5.84. The molecule has 0 aromatic rings. The second kappa shape index (κ2) is 6.46. The lowest BCUT2D eigenvalue weighted by molar-refractivity contribution is -0.138. The minimum absolute atomic E-state index is 0.0517. The van der Waals surface area contributed by atoms with Crippen molar-refractivity contribution in [3.05, 3.63) is 12.2 Å². The van der Waals surface area contributed by atoms with Crippen LogP contribution >= 0.6 is 0 Å². The molecule has 0 aromatic carbocycles. The van der Waals surface area contributed by atoms with E-state index in [-0.39, 0.29) is 24.0 Å². The van der Waals surface area contributed by atoms with Crippen LogP contribution in [-0.4, -0.2) is 16.9 Å². The zero-order valence-electron chi connectivity index (χ0n) is 9.82. The summed E-state index contributed by atoms with van der Waals surface area (Å²) in [5, 5.41) is 8.76. The molecule has 0 amide bonds. The van der Waals surface area contributed by atoms with Gasteiger partial charge < -0.3 is 5.11 Å². The highest BCUT2D eigenvalue weighted by Gasteiger charge is 2.34. The highest BCUT2D eigenvalue weighted by Crippen LogP contribution is 2.33. The molecule has 1 fully saturated rings. The van der Waals surface area contributed by atoms with Crippen LogP contribution < -0.4 is 0 Å². The third-order valence-corrected chi connectivity index (χ3v) is 3.19. The molecule has 3 nitrogen and oxygen atoms in total. The number of Topliss-reactive ketones (excluding diaryl/α,β-unsaturated/α-hetero) is 1. The van der Waals surface area contributed by atoms with Gasteiger partial charge in [-0.3, -0.25) is 9.59 Å². The molecule has 0 saturated heterocycles. The number of carbonyl (C=O) groups excluding carboxylic acids is 1. The topological polar surface area (TPSA) is 54.4 Å². The molecule has 0 radical (unpaired) electrons. The first-order valence-corrected chi connectivity index (χ1v) is 6.04. The Morgan fingerprint density at radius 2 is 2.25 bits per heavy atom. The predicted octanol–water partition coefficient (Wildman–Crippen LogP) is 2.80. The Labute approximate surface area is 96.5 Å². The Balaban J connectivity index is 2.46. The Bertz CT molecular complexity index is 281. The van der Waals surface area contributed by atoms with Gasteiger partial charge in [-0.25, -0.2) is 0 Å². The Morgan fingerprint density at radius 3 is 2.88 bits per heavy atom. The number of aliphatic carboxylic acids is 1. The zero-order valence-corrected chi connectivity index (χ0v) is 9.82. The second-order valence-electron chi connectivity index (χ2n) is 4.47. The Kier molecular flexibility index (Phi) is 5.23. The van der Waals surface area contributed by atoms with Gasteiger partial charge in [-0.1, -0.05) is 25.5 Å². The molecule has 0 aromatic heterocycles. The number of hydrogen-bond acceptors (Lipinski definition) is 2. The Hall–Kier alpha value is -1.12. The average molecular weight is 224 g/mol. The molecule has 16 heavy (non-hydrogen) atoms. The van der Waals surface area contributed by atoms with Crippen LogP contribution in [0.2, 0.25) is 0 Å². The molecule has 0 heterocycles. The van der Waals surface area contributed by atoms with Crippen molar-refractivity contribution in [2.45, 2.75) is 45.4 Å². The van der Waals surface area contributed by atoms with Crippen LogP contribution in [0, 0.1) is 11.8 Å². The summed E-state index contributed by atoms with van der Waals surface area (Å²) in [5.41, 5.74) is 0. The molecule has 1 N–H and O–H groups in total. The van der Waals surface area contributed by atoms with E-state index in [9.17, 15) is 9.59 Å². The van der Waals surface area contributed by atoms with Crippen molar-refractivity contribution in [3.8, 4) is 0 Å². The van der Waals surface area contributed by atoms with Gasteiger partial charge in [0.15, 0.2) is 0 Å². The van der Waals surface area contributed by atoms with Crippen molar-refractivity contribution in [2.24, 2.45) is 11.8 Å². The average Bonchev–Trinajstić information content (AvgIpc) is 2.55. The zero-order chi connectivity index (χ0) is 12.0. The molecule has 1 aliphatic rings. The van der Waals surface area contributed by atoms with Crippen LogP contribution in [0.4, 0.5) is 0 Å². The SMILES string of the molecule is CCCC=CCC1C(=O)CCC1CC(=O)O. The van der Waals surface area contributed by atoms with Crippen LogP contribution in [-0.2, 0) is 9.59 Å². The van der Waals surface area contributed by atoms with Gasteiger partial charge in [-0.05, 0) is 25.2 Å². The lowest BCUT2D eigenvalue weighted by Crippen LogP contribution is -2.17. The first-order chi connectivity index (χ1) is 7.65. The minimum Gasteiger partial charge on any atom is -0.481 e. The van der Waals surface area contributed by atoms with Crippen molar-refractivity contribution in [1.82, 2.24) is 0 Å². The van der Waals surface area contributed by atoms with Crippen LogP contribution in [0.3, 0.4) is 0 Å². The maximum Gasteiger partial charge on any atom is 0.303 e. The molecule has 1 aliphatic carbocycles. The first kappa shape index (κ1) is 12.9. The lowest BCUT2D eigenvalue weighted by atomic mass is 9.89. The van der Waals surface area contributed by atoms with Crippen LogP contribution in [0.15, 0.2) is 12.2 Å². The second-order valence-corrected chi connectivity index (χ2v) is 4.47. The Morgan fingerprint density at radius 1 is 1.50 bits per heavy atom. The number of rotatable bonds is 6. The number of carbonyl (C=O) groups is 2. The van der Waals surface area contributed by atoms with Gasteiger partial charge >= 0.3 is 5.97 Å². The summed E-state index contributed by atoms with van der Waals surface area (Å²) in [6.45, 7) is 2.11. The summed E-state index contributed by atoms with van der Waals surface area (Å²) in [6, 6.07) is 0. The number of carboxylic acids is 1. The van der Waals surface area contributed by atoms with Crippen LogP contribution in [0.1, 0.15) is 45.4 Å². The van der Waals surface area contributed by atoms with Crippen LogP contribution in [0.5, 0.6) is 0 Å². The maximum absolute atomic E-state index is 11.6. The van der Waals surface area contributed by atoms with E-state index in [0.29, 0.717) is 6.42 Å². The van der Waals surface area contributed by atoms with E-state index in [0.717, 1.165) is 25.7 Å². The van der Waals surface area contributed by atoms with Gasteiger partial charge in [0.25, 0.3) is 0 Å². The molecular weight excluding hydrogens is 204 g/mol. The van der Waals surface area contributed by atoms with Gasteiger partial charge in [0.05, 0.1) is 0 Å². The van der Waals surface area contributed by atoms with Crippen molar-refractivity contribution < 1.29 is 14.7 Å². The normalized spacial score (nSPS) is 25.4. The molecule has 0 aliphatic heterocycles. The number of ketones is 1. The minimum atomic E-state index is -0.790. The number of carboxylic acid groups (broad SMARTS) is 1. The van der Waals surface area contributed by atoms with Gasteiger partial charge in [0, 0.05) is 18.8 Å². The fourth-order valence-electron chi connectivity index (χ4n) is 2.30. The van der Waals surface area contributed by atoms with Crippen molar-refractivity contribution >= 4 is 11.8 Å². The molecule has 1 saturated carbocycles. The van der Waals surface area contributed by atoms with E-state index < -0.39 is 5.97 Å². The highest BCUT2D eigenvalue weighted by atomic mass is 16.4. The fraction of sp³-hybridized carbons (Fsp3) is 0.692. The van der Waals surface area contributed by atoms with E-state index in [1.807, 2.05) is 6.08 Å². The van der Waals surface area contributed by atoms with E-state index in [1.165, 1.54) is 0 Å². The molecular formula is C13H20O3. The van der Waals surface area contributed by atoms with E-state index in [1.54, 1.807) is 0 Å². The van der Waals surface area contributed by atoms with E-state index in [4.69, 9.17) is 5.11 Å². The van der Waals surface area contributed by atoms with Crippen molar-refractivity contribution in [2.75, 3.05) is 0 Å². The maximum atomic E-state index is 11.6. The molecule has 0 spiro atoms. The van der Waals surface area contributed by atoms with Crippen LogP contribution in [0.25, 0.3) is 0 Å². The predicted molar refractivity (Wildman–Crippen MR) is 62.1 cm³/mol. The van der Waals surface area contributed by atoms with E-state index in [2.05, 4.69) is 13.0 Å². The van der Waals surface area contributed by atoms with Crippen molar-refractivity contribution in [3.63, 3.8) is 0 Å². The quantitative estimate of drug-likeness (QED) is 0.706. The molecule has 2 atom stereocenters. The first-order valence-electron chi connectivity index (χ1n) is 6.04. The molecule has 90 valence electrons. The number of unbranched alkanes of at least 4 members (excludes halogenated alkanes) is 1. The summed E-state index contributed by atoms with van der Waals surface area (Å²) >= 11 is 0. The third kappa shape index (κ3) is 3.80. The van der Waals surface area contributed by atoms with Gasteiger partial charge in [-0.15, -0.1) is 0 Å². The van der Waals surface area contributed by atoms with Crippen molar-refractivity contribution in [1.29, 1.82) is 0 Å². The third-order valence-electron chi connectivity index (χ3n) is 3.19. The smallest absolute Gasteiger partial charge is 0.303 e. The number of allylic oxidation sites excluding steroid dienone is 2.